The molecule has 1 fully saturated rings. The topological polar surface area (TPSA) is 61.8 Å². The van der Waals surface area contributed by atoms with Crippen LogP contribution < -0.4 is 11.1 Å². The largest absolute Gasteiger partial charge is 0.399 e. The van der Waals surface area contributed by atoms with Gasteiger partial charge in [-0.05, 0) is 43.9 Å². The highest BCUT2D eigenvalue weighted by Gasteiger charge is 2.20. The Morgan fingerprint density at radius 1 is 1.33 bits per heavy atom. The van der Waals surface area contributed by atoms with Crippen LogP contribution >= 0.6 is 0 Å². The van der Waals surface area contributed by atoms with E-state index >= 15 is 0 Å². The van der Waals surface area contributed by atoms with Crippen LogP contribution in [0.25, 0.3) is 0 Å². The van der Waals surface area contributed by atoms with Crippen molar-refractivity contribution in [3.63, 3.8) is 0 Å². The van der Waals surface area contributed by atoms with E-state index in [-0.39, 0.29) is 0 Å². The van der Waals surface area contributed by atoms with Gasteiger partial charge in [0.2, 0.25) is 0 Å². The maximum absolute atomic E-state index is 9.12. The van der Waals surface area contributed by atoms with Crippen molar-refractivity contribution in [2.75, 3.05) is 11.1 Å². The second kappa shape index (κ2) is 5.77. The molecule has 1 aromatic carbocycles. The molecule has 0 amide bonds. The maximum atomic E-state index is 9.12. The molecule has 96 valence electrons. The van der Waals surface area contributed by atoms with Crippen LogP contribution in [0.15, 0.2) is 18.2 Å². The zero-order chi connectivity index (χ0) is 13.0. The summed E-state index contributed by atoms with van der Waals surface area (Å²) in [6.45, 7) is 2.22. The van der Waals surface area contributed by atoms with E-state index in [2.05, 4.69) is 18.3 Å². The van der Waals surface area contributed by atoms with Crippen molar-refractivity contribution < 1.29 is 0 Å². The lowest BCUT2D eigenvalue weighted by Gasteiger charge is -2.29. The van der Waals surface area contributed by atoms with E-state index in [0.29, 0.717) is 17.3 Å². The second-order valence-electron chi connectivity index (χ2n) is 5.25. The summed E-state index contributed by atoms with van der Waals surface area (Å²) in [7, 11) is 0. The van der Waals surface area contributed by atoms with Crippen molar-refractivity contribution in [3.05, 3.63) is 23.8 Å². The zero-order valence-electron chi connectivity index (χ0n) is 10.9. The molecule has 0 aromatic heterocycles. The first-order valence-electron chi connectivity index (χ1n) is 6.77. The predicted molar refractivity (Wildman–Crippen MR) is 75.2 cm³/mol. The summed E-state index contributed by atoms with van der Waals surface area (Å²) < 4.78 is 0. The monoisotopic (exact) mass is 243 g/mol. The van der Waals surface area contributed by atoms with Crippen LogP contribution in [0.1, 0.15) is 44.6 Å². The van der Waals surface area contributed by atoms with Gasteiger partial charge < -0.3 is 11.1 Å². The summed E-state index contributed by atoms with van der Waals surface area (Å²) in [6, 6.07) is 8.11. The Hall–Kier alpha value is -1.69. The van der Waals surface area contributed by atoms with Gasteiger partial charge in [-0.2, -0.15) is 5.26 Å². The van der Waals surface area contributed by atoms with Gasteiger partial charge in [-0.15, -0.1) is 0 Å². The molecule has 2 rings (SSSR count). The number of rotatable bonds is 3. The predicted octanol–water partition coefficient (Wildman–Crippen LogP) is 3.52. The van der Waals surface area contributed by atoms with E-state index in [0.717, 1.165) is 11.6 Å². The van der Waals surface area contributed by atoms with Gasteiger partial charge in [0, 0.05) is 11.7 Å². The van der Waals surface area contributed by atoms with Crippen molar-refractivity contribution in [2.45, 2.75) is 45.1 Å². The molecule has 0 heterocycles. The van der Waals surface area contributed by atoms with Gasteiger partial charge in [0.05, 0.1) is 11.3 Å². The number of benzene rings is 1. The van der Waals surface area contributed by atoms with Crippen LogP contribution in [0.4, 0.5) is 11.4 Å². The number of nitrogens with two attached hydrogens (primary N) is 1. The average Bonchev–Trinajstić information content (AvgIpc) is 2.41. The molecular formula is C15H21N3. The summed E-state index contributed by atoms with van der Waals surface area (Å²) in [5.41, 5.74) is 7.88. The van der Waals surface area contributed by atoms with Crippen molar-refractivity contribution in [1.82, 2.24) is 0 Å². The van der Waals surface area contributed by atoms with E-state index < -0.39 is 0 Å². The average molecular weight is 243 g/mol. The molecule has 1 aromatic rings. The number of nitrogens with one attached hydrogen (secondary N) is 1. The van der Waals surface area contributed by atoms with Crippen molar-refractivity contribution >= 4 is 11.4 Å². The molecule has 3 heteroatoms. The number of anilines is 2. The highest BCUT2D eigenvalue weighted by Crippen LogP contribution is 2.29. The van der Waals surface area contributed by atoms with Crippen molar-refractivity contribution in [2.24, 2.45) is 5.92 Å². The van der Waals surface area contributed by atoms with Gasteiger partial charge >= 0.3 is 0 Å². The SMILES string of the molecule is CC(Nc1ccc(N)cc1C#N)C1CCCCC1. The molecule has 1 atom stereocenters. The van der Waals surface area contributed by atoms with Gasteiger partial charge in [0.25, 0.3) is 0 Å². The highest BCUT2D eigenvalue weighted by molar-refractivity contribution is 5.63. The van der Waals surface area contributed by atoms with E-state index in [1.54, 1.807) is 6.07 Å². The van der Waals surface area contributed by atoms with E-state index in [1.807, 2.05) is 12.1 Å². The third kappa shape index (κ3) is 2.95. The molecule has 1 unspecified atom stereocenters. The smallest absolute Gasteiger partial charge is 0.101 e. The molecule has 0 saturated heterocycles. The quantitative estimate of drug-likeness (QED) is 0.798. The van der Waals surface area contributed by atoms with E-state index in [4.69, 9.17) is 11.0 Å². The minimum Gasteiger partial charge on any atom is -0.399 e. The van der Waals surface area contributed by atoms with Crippen LogP contribution in [0, 0.1) is 17.2 Å². The Balaban J connectivity index is 2.06. The molecule has 0 radical (unpaired) electrons. The summed E-state index contributed by atoms with van der Waals surface area (Å²) >= 11 is 0. The maximum Gasteiger partial charge on any atom is 0.101 e. The Morgan fingerprint density at radius 2 is 2.06 bits per heavy atom. The molecule has 0 spiro atoms. The fraction of sp³-hybridized carbons (Fsp3) is 0.533. The minimum absolute atomic E-state index is 0.418. The normalized spacial score (nSPS) is 18.0. The molecule has 0 bridgehead atoms. The van der Waals surface area contributed by atoms with Crippen LogP contribution in [0.2, 0.25) is 0 Å². The zero-order valence-corrected chi connectivity index (χ0v) is 10.9. The number of hydrogen-bond donors (Lipinski definition) is 2. The second-order valence-corrected chi connectivity index (χ2v) is 5.25. The Labute approximate surface area is 109 Å². The molecule has 0 aliphatic heterocycles. The molecule has 1 saturated carbocycles. The fourth-order valence-electron chi connectivity index (χ4n) is 2.78. The number of nitriles is 1. The van der Waals surface area contributed by atoms with Crippen LogP contribution in [0.3, 0.4) is 0 Å². The van der Waals surface area contributed by atoms with Gasteiger partial charge in [0.1, 0.15) is 6.07 Å². The summed E-state index contributed by atoms with van der Waals surface area (Å²) in [6.07, 6.45) is 6.64. The van der Waals surface area contributed by atoms with Gasteiger partial charge in [-0.1, -0.05) is 19.3 Å². The standard InChI is InChI=1S/C15H21N3/c1-11(12-5-3-2-4-6-12)18-15-8-7-14(17)9-13(15)10-16/h7-9,11-12,18H,2-6,17H2,1H3. The van der Waals surface area contributed by atoms with Crippen molar-refractivity contribution in [3.8, 4) is 6.07 Å². The first-order chi connectivity index (χ1) is 8.70. The lowest BCUT2D eigenvalue weighted by Crippen LogP contribution is -2.28. The molecule has 3 N–H and O–H groups in total. The Morgan fingerprint density at radius 3 is 2.72 bits per heavy atom. The summed E-state index contributed by atoms with van der Waals surface area (Å²) in [4.78, 5) is 0. The molecular weight excluding hydrogens is 222 g/mol. The number of hydrogen-bond acceptors (Lipinski definition) is 3. The van der Waals surface area contributed by atoms with Gasteiger partial charge in [-0.3, -0.25) is 0 Å². The lowest BCUT2D eigenvalue weighted by molar-refractivity contribution is 0.328. The first-order valence-corrected chi connectivity index (χ1v) is 6.77. The third-order valence-corrected chi connectivity index (χ3v) is 3.90. The van der Waals surface area contributed by atoms with Crippen molar-refractivity contribution in [1.29, 1.82) is 5.26 Å². The van der Waals surface area contributed by atoms with Gasteiger partial charge in [0.15, 0.2) is 0 Å². The lowest BCUT2D eigenvalue weighted by atomic mass is 9.84. The minimum atomic E-state index is 0.418. The summed E-state index contributed by atoms with van der Waals surface area (Å²) in [5.74, 6) is 0.725. The number of nitrogen functional groups attached to an aromatic ring is 1. The van der Waals surface area contributed by atoms with Crippen LogP contribution in [0.5, 0.6) is 0 Å². The first kappa shape index (κ1) is 12.8. The van der Waals surface area contributed by atoms with Crippen LogP contribution in [-0.4, -0.2) is 6.04 Å². The van der Waals surface area contributed by atoms with E-state index in [9.17, 15) is 0 Å². The third-order valence-electron chi connectivity index (χ3n) is 3.90. The van der Waals surface area contributed by atoms with E-state index in [1.165, 1.54) is 32.1 Å². The molecule has 18 heavy (non-hydrogen) atoms. The number of nitrogens with zero attached hydrogens (tertiary/aromatic N) is 1. The fourth-order valence-corrected chi connectivity index (χ4v) is 2.78. The van der Waals surface area contributed by atoms with Gasteiger partial charge in [-0.25, -0.2) is 0 Å². The highest BCUT2D eigenvalue weighted by atomic mass is 14.9. The molecule has 3 nitrogen and oxygen atoms in total. The summed E-state index contributed by atoms with van der Waals surface area (Å²) in [5, 5.41) is 12.6. The Kier molecular flexibility index (Phi) is 4.09. The van der Waals surface area contributed by atoms with Crippen LogP contribution in [-0.2, 0) is 0 Å². The molecule has 1 aliphatic carbocycles. The molecule has 1 aliphatic rings. The Bertz CT molecular complexity index is 442.